The Balaban J connectivity index is 1.48. The molecule has 1 saturated heterocycles. The van der Waals surface area contributed by atoms with Gasteiger partial charge in [-0.1, -0.05) is 18.2 Å². The van der Waals surface area contributed by atoms with Crippen LogP contribution in [0.15, 0.2) is 53.7 Å². The van der Waals surface area contributed by atoms with Gasteiger partial charge in [0.05, 0.1) is 12.2 Å². The van der Waals surface area contributed by atoms with Crippen molar-refractivity contribution in [1.82, 2.24) is 15.6 Å². The van der Waals surface area contributed by atoms with Crippen LogP contribution in [0.25, 0.3) is 0 Å². The van der Waals surface area contributed by atoms with E-state index in [4.69, 9.17) is 9.73 Å². The minimum absolute atomic E-state index is 0.478. The summed E-state index contributed by atoms with van der Waals surface area (Å²) < 4.78 is 5.78. The third-order valence-corrected chi connectivity index (χ3v) is 5.72. The van der Waals surface area contributed by atoms with Crippen LogP contribution in [-0.2, 0) is 13.2 Å². The average molecular weight is 385 g/mol. The summed E-state index contributed by atoms with van der Waals surface area (Å²) in [7, 11) is 0. The predicted octanol–water partition coefficient (Wildman–Crippen LogP) is 3.61. The minimum Gasteiger partial charge on any atom is -0.487 e. The lowest BCUT2D eigenvalue weighted by Crippen LogP contribution is -2.40. The summed E-state index contributed by atoms with van der Waals surface area (Å²) in [5.74, 6) is 3.02. The van der Waals surface area contributed by atoms with Gasteiger partial charge in [-0.2, -0.15) is 11.8 Å². The molecule has 2 heterocycles. The maximum absolute atomic E-state index is 5.78. The van der Waals surface area contributed by atoms with Crippen LogP contribution in [0.4, 0.5) is 0 Å². The van der Waals surface area contributed by atoms with Gasteiger partial charge in [-0.15, -0.1) is 0 Å². The zero-order valence-corrected chi connectivity index (χ0v) is 16.7. The fourth-order valence-electron chi connectivity index (χ4n) is 2.86. The minimum atomic E-state index is 0.478. The van der Waals surface area contributed by atoms with Crippen LogP contribution >= 0.6 is 11.8 Å². The zero-order valence-electron chi connectivity index (χ0n) is 15.9. The summed E-state index contributed by atoms with van der Waals surface area (Å²) in [6, 6.07) is 13.9. The van der Waals surface area contributed by atoms with Crippen LogP contribution in [-0.4, -0.2) is 35.0 Å². The highest BCUT2D eigenvalue weighted by atomic mass is 32.2. The van der Waals surface area contributed by atoms with E-state index in [0.29, 0.717) is 18.4 Å². The quantitative estimate of drug-likeness (QED) is 0.538. The molecule has 1 aromatic carbocycles. The van der Waals surface area contributed by atoms with E-state index in [-0.39, 0.29) is 0 Å². The molecule has 0 amide bonds. The molecule has 0 radical (unpaired) electrons. The number of benzene rings is 1. The number of hydrogen-bond donors (Lipinski definition) is 2. The van der Waals surface area contributed by atoms with E-state index < -0.39 is 0 Å². The first kappa shape index (κ1) is 19.5. The zero-order chi connectivity index (χ0) is 18.7. The van der Waals surface area contributed by atoms with E-state index in [9.17, 15) is 0 Å². The molecule has 3 rings (SSSR count). The molecule has 1 aliphatic rings. The molecule has 27 heavy (non-hydrogen) atoms. The van der Waals surface area contributed by atoms with Crippen molar-refractivity contribution >= 4 is 17.7 Å². The van der Waals surface area contributed by atoms with Gasteiger partial charge in [-0.3, -0.25) is 4.98 Å². The van der Waals surface area contributed by atoms with E-state index in [1.807, 2.05) is 30.3 Å². The summed E-state index contributed by atoms with van der Waals surface area (Å²) in [4.78, 5) is 8.97. The van der Waals surface area contributed by atoms with Crippen molar-refractivity contribution < 1.29 is 4.74 Å². The Labute approximate surface area is 166 Å². The maximum atomic E-state index is 5.78. The van der Waals surface area contributed by atoms with Crippen molar-refractivity contribution in [3.05, 3.63) is 59.9 Å². The number of ether oxygens (including phenoxy) is 1. The molecule has 1 fully saturated rings. The highest BCUT2D eigenvalue weighted by Gasteiger charge is 2.15. The Morgan fingerprint density at radius 1 is 1.22 bits per heavy atom. The lowest BCUT2D eigenvalue weighted by Gasteiger charge is -2.14. The molecular formula is C21H28N4OS. The van der Waals surface area contributed by atoms with Gasteiger partial charge in [0.2, 0.25) is 0 Å². The first-order valence-electron chi connectivity index (χ1n) is 9.59. The van der Waals surface area contributed by atoms with Gasteiger partial charge in [0.25, 0.3) is 0 Å². The largest absolute Gasteiger partial charge is 0.487 e. The smallest absolute Gasteiger partial charge is 0.191 e. The number of guanidine groups is 1. The third-order valence-electron chi connectivity index (χ3n) is 4.32. The molecule has 0 spiro atoms. The molecular weight excluding hydrogens is 356 g/mol. The lowest BCUT2D eigenvalue weighted by atomic mass is 10.2. The number of hydrogen-bond acceptors (Lipinski definition) is 4. The Kier molecular flexibility index (Phi) is 7.84. The molecule has 2 N–H and O–H groups in total. The van der Waals surface area contributed by atoms with Crippen LogP contribution < -0.4 is 15.4 Å². The van der Waals surface area contributed by atoms with Gasteiger partial charge >= 0.3 is 0 Å². The van der Waals surface area contributed by atoms with E-state index in [1.165, 1.54) is 18.6 Å². The average Bonchev–Trinajstić information content (AvgIpc) is 3.24. The van der Waals surface area contributed by atoms with Crippen LogP contribution in [0.2, 0.25) is 0 Å². The summed E-state index contributed by atoms with van der Waals surface area (Å²) >= 11 is 2.06. The Bertz CT molecular complexity index is 700. The summed E-state index contributed by atoms with van der Waals surface area (Å²) in [6.45, 7) is 5.07. The number of aliphatic imine (C=N–C) groups is 1. The SMILES string of the molecule is CCNC(=NCc1ccc(OCc2ccccn2)cc1)NCC1CCCS1. The highest BCUT2D eigenvalue weighted by molar-refractivity contribution is 8.00. The topological polar surface area (TPSA) is 58.5 Å². The van der Waals surface area contributed by atoms with Crippen LogP contribution in [0.1, 0.15) is 31.0 Å². The molecule has 1 aliphatic heterocycles. The summed E-state index contributed by atoms with van der Waals surface area (Å²) in [5.41, 5.74) is 2.08. The van der Waals surface area contributed by atoms with Gasteiger partial charge in [-0.25, -0.2) is 4.99 Å². The number of nitrogens with zero attached hydrogens (tertiary/aromatic N) is 2. The molecule has 144 valence electrons. The van der Waals surface area contributed by atoms with Crippen molar-refractivity contribution in [2.24, 2.45) is 4.99 Å². The van der Waals surface area contributed by atoms with Crippen LogP contribution in [0.3, 0.4) is 0 Å². The van der Waals surface area contributed by atoms with Gasteiger partial charge in [-0.05, 0) is 55.3 Å². The van der Waals surface area contributed by atoms with Crippen LogP contribution in [0.5, 0.6) is 5.75 Å². The normalized spacial score (nSPS) is 16.9. The molecule has 0 saturated carbocycles. The van der Waals surface area contributed by atoms with Crippen molar-refractivity contribution in [2.45, 2.75) is 38.2 Å². The van der Waals surface area contributed by atoms with E-state index in [1.54, 1.807) is 6.20 Å². The molecule has 1 aromatic heterocycles. The second-order valence-electron chi connectivity index (χ2n) is 6.46. The summed E-state index contributed by atoms with van der Waals surface area (Å²) in [6.07, 6.45) is 4.41. The number of pyridine rings is 1. The summed E-state index contributed by atoms with van der Waals surface area (Å²) in [5, 5.41) is 7.51. The molecule has 0 aliphatic carbocycles. The van der Waals surface area contributed by atoms with Gasteiger partial charge in [0, 0.05) is 24.5 Å². The van der Waals surface area contributed by atoms with Crippen molar-refractivity contribution in [1.29, 1.82) is 0 Å². The Morgan fingerprint density at radius 3 is 2.81 bits per heavy atom. The maximum Gasteiger partial charge on any atom is 0.191 e. The van der Waals surface area contributed by atoms with Gasteiger partial charge in [0.15, 0.2) is 5.96 Å². The Morgan fingerprint density at radius 2 is 2.11 bits per heavy atom. The van der Waals surface area contributed by atoms with Crippen molar-refractivity contribution in [3.8, 4) is 5.75 Å². The van der Waals surface area contributed by atoms with Gasteiger partial charge < -0.3 is 15.4 Å². The lowest BCUT2D eigenvalue weighted by molar-refractivity contribution is 0.301. The molecule has 5 nitrogen and oxygen atoms in total. The fraction of sp³-hybridized carbons (Fsp3) is 0.429. The first-order chi connectivity index (χ1) is 13.3. The molecule has 0 bridgehead atoms. The van der Waals surface area contributed by atoms with E-state index in [2.05, 4.69) is 46.4 Å². The first-order valence-corrected chi connectivity index (χ1v) is 10.6. The second-order valence-corrected chi connectivity index (χ2v) is 7.87. The highest BCUT2D eigenvalue weighted by Crippen LogP contribution is 2.25. The third kappa shape index (κ3) is 6.79. The number of aromatic nitrogens is 1. The predicted molar refractivity (Wildman–Crippen MR) is 113 cm³/mol. The number of rotatable bonds is 8. The molecule has 2 aromatic rings. The number of thioether (sulfide) groups is 1. The monoisotopic (exact) mass is 384 g/mol. The van der Waals surface area contributed by atoms with Crippen LogP contribution in [0, 0.1) is 0 Å². The standard InChI is InChI=1S/C21H28N4OS/c1-2-22-21(25-15-20-7-5-13-27-20)24-14-17-8-10-19(11-9-17)26-16-18-6-3-4-12-23-18/h3-4,6,8-12,20H,2,5,7,13-16H2,1H3,(H2,22,24,25). The van der Waals surface area contributed by atoms with Crippen molar-refractivity contribution in [3.63, 3.8) is 0 Å². The van der Waals surface area contributed by atoms with Crippen molar-refractivity contribution in [2.75, 3.05) is 18.8 Å². The molecule has 1 atom stereocenters. The van der Waals surface area contributed by atoms with E-state index in [0.717, 1.165) is 36.1 Å². The van der Waals surface area contributed by atoms with E-state index >= 15 is 0 Å². The molecule has 1 unspecified atom stereocenters. The second kappa shape index (κ2) is 10.8. The molecule has 6 heteroatoms. The Hall–Kier alpha value is -2.21. The fourth-order valence-corrected chi connectivity index (χ4v) is 4.06. The number of nitrogens with one attached hydrogen (secondary N) is 2. The van der Waals surface area contributed by atoms with Gasteiger partial charge in [0.1, 0.15) is 12.4 Å².